The van der Waals surface area contributed by atoms with Crippen molar-refractivity contribution in [1.82, 2.24) is 5.32 Å². The Morgan fingerprint density at radius 2 is 1.82 bits per heavy atom. The number of ether oxygens (including phenoxy) is 1. The molecule has 0 unspecified atom stereocenters. The maximum Gasteiger partial charge on any atom is 0.243 e. The fourth-order valence-electron chi connectivity index (χ4n) is 2.74. The molecule has 1 N–H and O–H groups in total. The number of rotatable bonds is 8. The summed E-state index contributed by atoms with van der Waals surface area (Å²) in [7, 11) is -3.74. The molecule has 0 saturated carbocycles. The first-order valence-corrected chi connectivity index (χ1v) is 10.7. The number of carbonyl (C=O) groups is 1. The van der Waals surface area contributed by atoms with Gasteiger partial charge < -0.3 is 10.1 Å². The van der Waals surface area contributed by atoms with Gasteiger partial charge in [-0.25, -0.2) is 12.8 Å². The first kappa shape index (κ1) is 21.7. The highest BCUT2D eigenvalue weighted by molar-refractivity contribution is 7.92. The van der Waals surface area contributed by atoms with Gasteiger partial charge >= 0.3 is 0 Å². The van der Waals surface area contributed by atoms with Crippen LogP contribution in [-0.2, 0) is 14.8 Å². The molecule has 6 nitrogen and oxygen atoms in total. The van der Waals surface area contributed by atoms with Crippen molar-refractivity contribution in [2.75, 3.05) is 23.7 Å². The minimum atomic E-state index is -3.74. The molecule has 2 aromatic carbocycles. The monoisotopic (exact) mass is 408 g/mol. The number of hydrogen-bond donors (Lipinski definition) is 1. The summed E-state index contributed by atoms with van der Waals surface area (Å²) < 4.78 is 44.1. The van der Waals surface area contributed by atoms with Gasteiger partial charge in [-0.1, -0.05) is 12.1 Å². The van der Waals surface area contributed by atoms with Crippen molar-refractivity contribution in [3.05, 3.63) is 59.4 Å². The van der Waals surface area contributed by atoms with Crippen molar-refractivity contribution < 1.29 is 22.3 Å². The molecule has 0 fully saturated rings. The molecule has 2 aromatic rings. The molecule has 1 atom stereocenters. The number of nitrogens with zero attached hydrogens (tertiary/aromatic N) is 1. The zero-order valence-corrected chi connectivity index (χ0v) is 17.2. The lowest BCUT2D eigenvalue weighted by Crippen LogP contribution is -2.48. The number of hydrogen-bond acceptors (Lipinski definition) is 4. The summed E-state index contributed by atoms with van der Waals surface area (Å²) >= 11 is 0. The Hall–Kier alpha value is -2.61. The maximum absolute atomic E-state index is 13.1. The Kier molecular flexibility index (Phi) is 7.01. The minimum absolute atomic E-state index is 0.220. The van der Waals surface area contributed by atoms with Crippen LogP contribution in [0, 0.1) is 19.7 Å². The van der Waals surface area contributed by atoms with E-state index in [0.29, 0.717) is 0 Å². The van der Waals surface area contributed by atoms with Crippen LogP contribution in [0.4, 0.5) is 10.1 Å². The number of sulfonamides is 1. The highest BCUT2D eigenvalue weighted by Crippen LogP contribution is 2.21. The minimum Gasteiger partial charge on any atom is -0.491 e. The first-order chi connectivity index (χ1) is 13.1. The fourth-order valence-corrected chi connectivity index (χ4v) is 3.92. The molecular formula is C20H25FN2O4S. The van der Waals surface area contributed by atoms with Crippen molar-refractivity contribution >= 4 is 21.6 Å². The number of halogens is 1. The van der Waals surface area contributed by atoms with Gasteiger partial charge in [0.2, 0.25) is 15.9 Å². The van der Waals surface area contributed by atoms with E-state index in [2.05, 4.69) is 5.32 Å². The van der Waals surface area contributed by atoms with E-state index >= 15 is 0 Å². The van der Waals surface area contributed by atoms with E-state index in [1.807, 2.05) is 32.0 Å². The molecule has 0 heterocycles. The zero-order chi connectivity index (χ0) is 20.9. The molecule has 152 valence electrons. The van der Waals surface area contributed by atoms with Crippen LogP contribution in [0.3, 0.4) is 0 Å². The average Bonchev–Trinajstić information content (AvgIpc) is 2.62. The third-order valence-corrected chi connectivity index (χ3v) is 5.41. The van der Waals surface area contributed by atoms with Crippen LogP contribution < -0.4 is 14.4 Å². The summed E-state index contributed by atoms with van der Waals surface area (Å²) in [6.07, 6.45) is 1.00. The maximum atomic E-state index is 13.1. The topological polar surface area (TPSA) is 75.7 Å². The third kappa shape index (κ3) is 5.69. The molecule has 0 aliphatic carbocycles. The first-order valence-electron chi connectivity index (χ1n) is 8.82. The molecule has 0 aliphatic heterocycles. The van der Waals surface area contributed by atoms with E-state index < -0.39 is 27.8 Å². The summed E-state index contributed by atoms with van der Waals surface area (Å²) in [6, 6.07) is 9.81. The van der Waals surface area contributed by atoms with Crippen LogP contribution in [0.25, 0.3) is 0 Å². The summed E-state index contributed by atoms with van der Waals surface area (Å²) in [4.78, 5) is 12.5. The number of aryl methyl sites for hydroxylation is 2. The number of anilines is 1. The molecule has 0 bridgehead atoms. The number of nitrogens with one attached hydrogen (secondary N) is 1. The van der Waals surface area contributed by atoms with Crippen molar-refractivity contribution in [3.63, 3.8) is 0 Å². The summed E-state index contributed by atoms with van der Waals surface area (Å²) in [5, 5.41) is 2.68. The number of amides is 1. The summed E-state index contributed by atoms with van der Waals surface area (Å²) in [6.45, 7) is 5.84. The van der Waals surface area contributed by atoms with Gasteiger partial charge in [-0.2, -0.15) is 0 Å². The van der Waals surface area contributed by atoms with Crippen LogP contribution in [0.2, 0.25) is 0 Å². The van der Waals surface area contributed by atoms with Crippen LogP contribution in [0.1, 0.15) is 18.1 Å². The smallest absolute Gasteiger partial charge is 0.243 e. The Labute approximate surface area is 165 Å². The van der Waals surface area contributed by atoms with Crippen molar-refractivity contribution in [2.45, 2.75) is 26.8 Å². The Morgan fingerprint density at radius 1 is 1.18 bits per heavy atom. The van der Waals surface area contributed by atoms with Crippen LogP contribution >= 0.6 is 0 Å². The molecule has 0 radical (unpaired) electrons. The molecule has 1 amide bonds. The summed E-state index contributed by atoms with van der Waals surface area (Å²) in [5.41, 5.74) is 2.28. The second-order valence-corrected chi connectivity index (χ2v) is 8.48. The van der Waals surface area contributed by atoms with Gasteiger partial charge in [-0.05, 0) is 62.2 Å². The Bertz CT molecular complexity index is 930. The SMILES string of the molecule is Cc1ccc(C)c(OCCNC(=O)[C@@H](C)N(c2ccc(F)cc2)S(C)(=O)=O)c1. The van der Waals surface area contributed by atoms with Gasteiger partial charge in [0.05, 0.1) is 18.5 Å². The highest BCUT2D eigenvalue weighted by atomic mass is 32.2. The van der Waals surface area contributed by atoms with Crippen molar-refractivity contribution in [3.8, 4) is 5.75 Å². The van der Waals surface area contributed by atoms with Crippen molar-refractivity contribution in [1.29, 1.82) is 0 Å². The second-order valence-electron chi connectivity index (χ2n) is 6.62. The zero-order valence-electron chi connectivity index (χ0n) is 16.4. The molecule has 0 aromatic heterocycles. The van der Waals surface area contributed by atoms with Crippen molar-refractivity contribution in [2.24, 2.45) is 0 Å². The van der Waals surface area contributed by atoms with Gasteiger partial charge in [0, 0.05) is 0 Å². The highest BCUT2D eigenvalue weighted by Gasteiger charge is 2.28. The third-order valence-electron chi connectivity index (χ3n) is 4.17. The molecule has 8 heteroatoms. The van der Waals surface area contributed by atoms with Gasteiger partial charge in [0.15, 0.2) is 0 Å². The van der Waals surface area contributed by atoms with E-state index in [1.54, 1.807) is 0 Å². The predicted molar refractivity (Wildman–Crippen MR) is 108 cm³/mol. The lowest BCUT2D eigenvalue weighted by atomic mass is 10.1. The van der Waals surface area contributed by atoms with E-state index in [1.165, 1.54) is 19.1 Å². The van der Waals surface area contributed by atoms with Gasteiger partial charge in [-0.3, -0.25) is 9.10 Å². The lowest BCUT2D eigenvalue weighted by molar-refractivity contribution is -0.121. The average molecular weight is 408 g/mol. The molecule has 2 rings (SSSR count). The van der Waals surface area contributed by atoms with E-state index in [4.69, 9.17) is 4.74 Å². The second kappa shape index (κ2) is 9.05. The van der Waals surface area contributed by atoms with Crippen LogP contribution in [0.15, 0.2) is 42.5 Å². The van der Waals surface area contributed by atoms with Gasteiger partial charge in [0.25, 0.3) is 0 Å². The largest absolute Gasteiger partial charge is 0.491 e. The fraction of sp³-hybridized carbons (Fsp3) is 0.350. The predicted octanol–water partition coefficient (Wildman–Crippen LogP) is 2.79. The number of carbonyl (C=O) groups excluding carboxylic acids is 1. The van der Waals surface area contributed by atoms with Gasteiger partial charge in [-0.15, -0.1) is 0 Å². The molecular weight excluding hydrogens is 383 g/mol. The van der Waals surface area contributed by atoms with E-state index in [0.717, 1.165) is 39.6 Å². The van der Waals surface area contributed by atoms with Gasteiger partial charge in [0.1, 0.15) is 24.2 Å². The Balaban J connectivity index is 1.99. The van der Waals surface area contributed by atoms with E-state index in [9.17, 15) is 17.6 Å². The lowest BCUT2D eigenvalue weighted by Gasteiger charge is -2.28. The molecule has 0 aliphatic rings. The normalized spacial score (nSPS) is 12.3. The molecule has 0 spiro atoms. The Morgan fingerprint density at radius 3 is 2.43 bits per heavy atom. The number of benzene rings is 2. The summed E-state index contributed by atoms with van der Waals surface area (Å²) in [5.74, 6) is -0.219. The van der Waals surface area contributed by atoms with E-state index in [-0.39, 0.29) is 18.8 Å². The van der Waals surface area contributed by atoms with Crippen LogP contribution in [0.5, 0.6) is 5.75 Å². The molecule has 28 heavy (non-hydrogen) atoms. The van der Waals surface area contributed by atoms with Crippen LogP contribution in [-0.4, -0.2) is 39.8 Å². The quantitative estimate of drug-likeness (QED) is 0.682. The standard InChI is InChI=1S/C20H25FN2O4S/c1-14-5-6-15(2)19(13-14)27-12-11-22-20(24)16(3)23(28(4,25)26)18-9-7-17(21)8-10-18/h5-10,13,16H,11-12H2,1-4H3,(H,22,24)/t16-/m1/s1. The molecule has 0 saturated heterocycles.